The summed E-state index contributed by atoms with van der Waals surface area (Å²) >= 11 is 0. The van der Waals surface area contributed by atoms with Gasteiger partial charge < -0.3 is 10.1 Å². The number of hydrogen-bond acceptors (Lipinski definition) is 4. The Kier molecular flexibility index (Phi) is 5.09. The number of rotatable bonds is 5. The maximum Gasteiger partial charge on any atom is 0.328 e. The van der Waals surface area contributed by atoms with Crippen LogP contribution in [0.3, 0.4) is 0 Å². The van der Waals surface area contributed by atoms with E-state index in [0.717, 1.165) is 12.8 Å². The Balaban J connectivity index is 2.04. The molecule has 2 atom stereocenters. The van der Waals surface area contributed by atoms with E-state index in [4.69, 9.17) is 4.74 Å². The fourth-order valence-electron chi connectivity index (χ4n) is 2.61. The van der Waals surface area contributed by atoms with Gasteiger partial charge in [0.2, 0.25) is 0 Å². The molecular weight excluding hydrogens is 270 g/mol. The van der Waals surface area contributed by atoms with Crippen molar-refractivity contribution >= 4 is 17.7 Å². The van der Waals surface area contributed by atoms with Crippen molar-refractivity contribution in [3.8, 4) is 0 Å². The number of Topliss-reactive ketones (excluding diaryl/α,β-unsaturated/α-hetero) is 1. The van der Waals surface area contributed by atoms with E-state index in [1.165, 1.54) is 7.11 Å². The van der Waals surface area contributed by atoms with Gasteiger partial charge in [0.05, 0.1) is 7.11 Å². The monoisotopic (exact) mass is 289 g/mol. The molecule has 0 bridgehead atoms. The van der Waals surface area contributed by atoms with Gasteiger partial charge >= 0.3 is 5.97 Å². The Hall–Kier alpha value is -2.17. The fourth-order valence-corrected chi connectivity index (χ4v) is 2.61. The molecule has 5 nitrogen and oxygen atoms in total. The van der Waals surface area contributed by atoms with Crippen LogP contribution in [0.5, 0.6) is 0 Å². The second-order valence-corrected chi connectivity index (χ2v) is 5.21. The van der Waals surface area contributed by atoms with Gasteiger partial charge in [-0.3, -0.25) is 9.59 Å². The number of carbonyl (C=O) groups is 3. The third-order valence-electron chi connectivity index (χ3n) is 3.78. The molecule has 0 heterocycles. The Labute approximate surface area is 123 Å². The van der Waals surface area contributed by atoms with Crippen LogP contribution in [0.2, 0.25) is 0 Å². The molecule has 0 radical (unpaired) electrons. The van der Waals surface area contributed by atoms with Crippen molar-refractivity contribution in [2.45, 2.75) is 31.7 Å². The Morgan fingerprint density at radius 2 is 2.05 bits per heavy atom. The third-order valence-corrected chi connectivity index (χ3v) is 3.78. The van der Waals surface area contributed by atoms with E-state index < -0.39 is 12.0 Å². The first-order valence-corrected chi connectivity index (χ1v) is 7.08. The first-order chi connectivity index (χ1) is 10.1. The lowest BCUT2D eigenvalue weighted by Crippen LogP contribution is -2.43. The largest absolute Gasteiger partial charge is 0.467 e. The number of carbonyl (C=O) groups excluding carboxylic acids is 3. The fraction of sp³-hybridized carbons (Fsp3) is 0.438. The highest BCUT2D eigenvalue weighted by Gasteiger charge is 2.31. The first kappa shape index (κ1) is 15.2. The van der Waals surface area contributed by atoms with E-state index in [2.05, 4.69) is 5.32 Å². The van der Waals surface area contributed by atoms with Gasteiger partial charge in [0.15, 0.2) is 0 Å². The van der Waals surface area contributed by atoms with Crippen LogP contribution in [-0.4, -0.2) is 30.8 Å². The normalized spacial score (nSPS) is 19.1. The predicted octanol–water partition coefficient (Wildman–Crippen LogP) is 1.72. The summed E-state index contributed by atoms with van der Waals surface area (Å²) in [5, 5.41) is 2.67. The van der Waals surface area contributed by atoms with Gasteiger partial charge in [-0.15, -0.1) is 0 Å². The number of hydrogen-bond donors (Lipinski definition) is 1. The van der Waals surface area contributed by atoms with Crippen molar-refractivity contribution < 1.29 is 19.1 Å². The molecule has 1 fully saturated rings. The first-order valence-electron chi connectivity index (χ1n) is 7.08. The minimum absolute atomic E-state index is 0.162. The SMILES string of the molecule is COC(=O)C(CC1CCCC1=O)NC(=O)c1ccccc1. The standard InChI is InChI=1S/C16H19NO4/c1-21-16(20)13(10-12-8-5-9-14(12)18)17-15(19)11-6-3-2-4-7-11/h2-4,6-7,12-13H,5,8-10H2,1H3,(H,17,19). The summed E-state index contributed by atoms with van der Waals surface area (Å²) in [5.41, 5.74) is 0.476. The van der Waals surface area contributed by atoms with E-state index in [0.29, 0.717) is 18.4 Å². The molecule has 2 rings (SSSR count). The lowest BCUT2D eigenvalue weighted by molar-refractivity contribution is -0.143. The van der Waals surface area contributed by atoms with Crippen LogP contribution in [-0.2, 0) is 14.3 Å². The molecular formula is C16H19NO4. The molecule has 2 unspecified atom stereocenters. The van der Waals surface area contributed by atoms with Crippen LogP contribution in [0.25, 0.3) is 0 Å². The van der Waals surface area contributed by atoms with E-state index in [-0.39, 0.29) is 17.6 Å². The average Bonchev–Trinajstić information content (AvgIpc) is 2.91. The lowest BCUT2D eigenvalue weighted by Gasteiger charge is -2.19. The summed E-state index contributed by atoms with van der Waals surface area (Å²) in [6.45, 7) is 0. The van der Waals surface area contributed by atoms with Gasteiger partial charge in [-0.2, -0.15) is 0 Å². The summed E-state index contributed by atoms with van der Waals surface area (Å²) < 4.78 is 4.73. The van der Waals surface area contributed by atoms with Gasteiger partial charge in [0, 0.05) is 17.9 Å². The summed E-state index contributed by atoms with van der Waals surface area (Å²) in [4.78, 5) is 35.7. The van der Waals surface area contributed by atoms with Crippen LogP contribution in [0.1, 0.15) is 36.0 Å². The Bertz CT molecular complexity index is 526. The summed E-state index contributed by atoms with van der Waals surface area (Å²) in [7, 11) is 1.28. The highest BCUT2D eigenvalue weighted by molar-refractivity contribution is 5.97. The average molecular weight is 289 g/mol. The van der Waals surface area contributed by atoms with Crippen molar-refractivity contribution in [1.82, 2.24) is 5.32 Å². The second kappa shape index (κ2) is 7.02. The van der Waals surface area contributed by atoms with E-state index in [1.54, 1.807) is 24.3 Å². The highest BCUT2D eigenvalue weighted by atomic mass is 16.5. The Morgan fingerprint density at radius 1 is 1.33 bits per heavy atom. The summed E-state index contributed by atoms with van der Waals surface area (Å²) in [5.74, 6) is -0.849. The minimum atomic E-state index is -0.783. The number of methoxy groups -OCH3 is 1. The summed E-state index contributed by atoms with van der Waals surface area (Å²) in [6.07, 6.45) is 2.49. The quantitative estimate of drug-likeness (QED) is 0.838. The van der Waals surface area contributed by atoms with Gasteiger partial charge in [0.1, 0.15) is 11.8 Å². The smallest absolute Gasteiger partial charge is 0.328 e. The molecule has 21 heavy (non-hydrogen) atoms. The van der Waals surface area contributed by atoms with Crippen LogP contribution >= 0.6 is 0 Å². The molecule has 1 N–H and O–H groups in total. The number of esters is 1. The number of benzene rings is 1. The third kappa shape index (κ3) is 3.90. The minimum Gasteiger partial charge on any atom is -0.467 e. The molecule has 5 heteroatoms. The molecule has 112 valence electrons. The molecule has 1 aliphatic rings. The van der Waals surface area contributed by atoms with Gasteiger partial charge in [0.25, 0.3) is 5.91 Å². The molecule has 0 aliphatic heterocycles. The zero-order valence-corrected chi connectivity index (χ0v) is 12.0. The number of ether oxygens (including phenoxy) is 1. The predicted molar refractivity (Wildman–Crippen MR) is 76.7 cm³/mol. The van der Waals surface area contributed by atoms with Crippen LogP contribution in [0.4, 0.5) is 0 Å². The van der Waals surface area contributed by atoms with Gasteiger partial charge in [-0.05, 0) is 31.4 Å². The summed E-state index contributed by atoms with van der Waals surface area (Å²) in [6, 6.07) is 7.88. The molecule has 0 saturated heterocycles. The zero-order valence-electron chi connectivity index (χ0n) is 12.0. The molecule has 0 spiro atoms. The van der Waals surface area contributed by atoms with Crippen LogP contribution in [0, 0.1) is 5.92 Å². The molecule has 1 aromatic rings. The number of amides is 1. The van der Waals surface area contributed by atoms with Crippen molar-refractivity contribution in [1.29, 1.82) is 0 Å². The zero-order chi connectivity index (χ0) is 15.2. The van der Waals surface area contributed by atoms with Gasteiger partial charge in [-0.25, -0.2) is 4.79 Å². The van der Waals surface area contributed by atoms with Crippen molar-refractivity contribution in [2.24, 2.45) is 5.92 Å². The lowest BCUT2D eigenvalue weighted by atomic mass is 9.97. The van der Waals surface area contributed by atoms with Gasteiger partial charge in [-0.1, -0.05) is 18.2 Å². The van der Waals surface area contributed by atoms with Crippen LogP contribution < -0.4 is 5.32 Å². The van der Waals surface area contributed by atoms with E-state index >= 15 is 0 Å². The molecule has 1 aliphatic carbocycles. The van der Waals surface area contributed by atoms with Crippen LogP contribution in [0.15, 0.2) is 30.3 Å². The number of ketones is 1. The maximum atomic E-state index is 12.1. The number of nitrogens with one attached hydrogen (secondary N) is 1. The van der Waals surface area contributed by atoms with Crippen molar-refractivity contribution in [3.05, 3.63) is 35.9 Å². The topological polar surface area (TPSA) is 72.5 Å². The van der Waals surface area contributed by atoms with E-state index in [1.807, 2.05) is 6.07 Å². The van der Waals surface area contributed by atoms with Crippen molar-refractivity contribution in [3.63, 3.8) is 0 Å². The maximum absolute atomic E-state index is 12.1. The molecule has 1 saturated carbocycles. The van der Waals surface area contributed by atoms with E-state index in [9.17, 15) is 14.4 Å². The molecule has 1 amide bonds. The van der Waals surface area contributed by atoms with Crippen molar-refractivity contribution in [2.75, 3.05) is 7.11 Å². The second-order valence-electron chi connectivity index (χ2n) is 5.21. The Morgan fingerprint density at radius 3 is 2.62 bits per heavy atom. The molecule has 1 aromatic carbocycles. The molecule has 0 aromatic heterocycles. The highest BCUT2D eigenvalue weighted by Crippen LogP contribution is 2.25.